The van der Waals surface area contributed by atoms with E-state index in [-0.39, 0.29) is 0 Å². The highest BCUT2D eigenvalue weighted by Crippen LogP contribution is 2.62. The van der Waals surface area contributed by atoms with E-state index in [1.807, 2.05) is 4.98 Å². The number of rotatable bonds is 10. The van der Waals surface area contributed by atoms with Gasteiger partial charge < -0.3 is 54.4 Å². The summed E-state index contributed by atoms with van der Waals surface area (Å²) in [7, 11) is -5.55. The van der Waals surface area contributed by atoms with E-state index in [9.17, 15) is 49.5 Å². The second-order valence-corrected chi connectivity index (χ2v) is 12.9. The van der Waals surface area contributed by atoms with Crippen molar-refractivity contribution in [1.29, 1.82) is 0 Å². The number of halogens is 1. The number of aliphatic hydroxyl groups is 6. The largest absolute Gasteiger partial charge is 0.481 e. The first kappa shape index (κ1) is 33.0. The number of aliphatic hydroxyl groups excluding tert-OH is 6. The molecular formula is C18H25FN2O16P2S. The van der Waals surface area contributed by atoms with E-state index in [2.05, 4.69) is 20.6 Å². The number of hydrogen-bond donors (Lipinski definition) is 9. The molecule has 12 atom stereocenters. The van der Waals surface area contributed by atoms with Crippen LogP contribution in [0.15, 0.2) is 21.9 Å². The average molecular weight is 638 g/mol. The summed E-state index contributed by atoms with van der Waals surface area (Å²) < 4.78 is 52.4. The van der Waals surface area contributed by atoms with Crippen LogP contribution >= 0.6 is 14.5 Å². The Hall–Kier alpha value is -1.47. The lowest BCUT2D eigenvalue weighted by molar-refractivity contribution is -0.292. The topological polar surface area (TPSA) is 280 Å². The number of aromatic nitrogens is 2. The zero-order valence-corrected chi connectivity index (χ0v) is 22.4. The Balaban J connectivity index is 1.69. The number of H-pyrrole nitrogens is 1. The molecule has 40 heavy (non-hydrogen) atoms. The predicted octanol–water partition coefficient (Wildman–Crippen LogP) is -4.34. The summed E-state index contributed by atoms with van der Waals surface area (Å²) in [5.41, 5.74) is -5.04. The first-order chi connectivity index (χ1) is 18.5. The average Bonchev–Trinajstić information content (AvgIpc) is 3.12. The Morgan fingerprint density at radius 3 is 2.45 bits per heavy atom. The summed E-state index contributed by atoms with van der Waals surface area (Å²) in [6, 6.07) is 0.845. The lowest BCUT2D eigenvalue weighted by Gasteiger charge is -2.41. The van der Waals surface area contributed by atoms with Gasteiger partial charge in [-0.25, -0.2) is 18.1 Å². The molecule has 0 aromatic carbocycles. The quantitative estimate of drug-likeness (QED) is 0.0865. The summed E-state index contributed by atoms with van der Waals surface area (Å²) in [6.07, 6.45) is -12.1. The van der Waals surface area contributed by atoms with E-state index in [1.165, 1.54) is 0 Å². The highest BCUT2D eigenvalue weighted by molar-refractivity contribution is 8.08. The summed E-state index contributed by atoms with van der Waals surface area (Å²) in [4.78, 5) is 45.5. The van der Waals surface area contributed by atoms with Crippen molar-refractivity contribution in [2.24, 2.45) is 0 Å². The minimum atomic E-state index is -5.55. The molecule has 0 bridgehead atoms. The molecule has 3 rings (SSSR count). The summed E-state index contributed by atoms with van der Waals surface area (Å²) in [6.45, 7) is -6.85. The molecule has 2 saturated heterocycles. The standard InChI is InChI=1S/C18H25FN2O16P2S/c1-2-18(19)14(28)8(34-16(18)21-4-3-9(24)20-17(21)29)6-33-39(32,40)37-38(30,31)36-15-12(27)10(25)11(26)13(35-15)7(23)5-22/h1,3-4,7-8,10-16,22-23,25-28H,5-6H2,(H,30,31)(H,32,40)(H,20,24,29)/t7-,8+,10?,11?,12?,13?,14+,15?,16+,18+,39?/m0/s1. The van der Waals surface area contributed by atoms with Gasteiger partial charge in [0.1, 0.15) is 42.7 Å². The molecule has 7 unspecified atom stereocenters. The fourth-order valence-corrected chi connectivity index (χ4v) is 6.88. The Morgan fingerprint density at radius 2 is 1.88 bits per heavy atom. The number of hydrogen-bond acceptors (Lipinski definition) is 15. The highest BCUT2D eigenvalue weighted by Gasteiger charge is 2.58. The molecule has 1 aromatic heterocycles. The van der Waals surface area contributed by atoms with Gasteiger partial charge in [0.25, 0.3) is 5.56 Å². The molecule has 0 saturated carbocycles. The van der Waals surface area contributed by atoms with Crippen LogP contribution in [0.4, 0.5) is 4.39 Å². The monoisotopic (exact) mass is 638 g/mol. The number of ether oxygens (including phenoxy) is 2. The maximum Gasteiger partial charge on any atom is 0.481 e. The fourth-order valence-electron chi connectivity index (χ4n) is 3.78. The number of nitrogens with one attached hydrogen (secondary N) is 1. The molecule has 0 amide bonds. The number of alkyl halides is 1. The molecule has 18 nitrogen and oxygen atoms in total. The summed E-state index contributed by atoms with van der Waals surface area (Å²) >= 11 is 4.61. The van der Waals surface area contributed by atoms with Crippen molar-refractivity contribution in [3.8, 4) is 12.3 Å². The van der Waals surface area contributed by atoms with E-state index in [0.717, 1.165) is 12.3 Å². The van der Waals surface area contributed by atoms with E-state index in [1.54, 1.807) is 5.92 Å². The zero-order valence-electron chi connectivity index (χ0n) is 19.8. The lowest BCUT2D eigenvalue weighted by atomic mass is 9.96. The van der Waals surface area contributed by atoms with Gasteiger partial charge in [0, 0.05) is 12.3 Å². The molecule has 0 radical (unpaired) electrons. The maximum atomic E-state index is 15.4. The first-order valence-electron chi connectivity index (χ1n) is 11.0. The molecule has 0 spiro atoms. The maximum absolute atomic E-state index is 15.4. The third-order valence-electron chi connectivity index (χ3n) is 5.79. The normalized spacial score (nSPS) is 38.2. The molecular weight excluding hydrogens is 613 g/mol. The smallest absolute Gasteiger partial charge is 0.394 e. The van der Waals surface area contributed by atoms with Gasteiger partial charge in [0.15, 0.2) is 12.5 Å². The lowest BCUT2D eigenvalue weighted by Crippen LogP contribution is -2.61. The van der Waals surface area contributed by atoms with Crippen LogP contribution < -0.4 is 11.2 Å². The zero-order chi connectivity index (χ0) is 30.2. The van der Waals surface area contributed by atoms with Gasteiger partial charge in [-0.05, 0) is 11.8 Å². The van der Waals surface area contributed by atoms with Crippen LogP contribution in [0.1, 0.15) is 6.23 Å². The van der Waals surface area contributed by atoms with Gasteiger partial charge in [0.05, 0.1) is 13.2 Å². The van der Waals surface area contributed by atoms with Gasteiger partial charge in [-0.1, -0.05) is 5.92 Å². The fraction of sp³-hybridized carbons (Fsp3) is 0.667. The Bertz CT molecular complexity index is 1320. The number of phosphoric acid groups is 1. The number of terminal acetylenes is 1. The molecule has 2 fully saturated rings. The van der Waals surface area contributed by atoms with Crippen LogP contribution in [0.3, 0.4) is 0 Å². The molecule has 9 N–H and O–H groups in total. The molecule has 2 aliphatic rings. The summed E-state index contributed by atoms with van der Waals surface area (Å²) in [5.74, 6) is 1.64. The van der Waals surface area contributed by atoms with Crippen LogP contribution in [0.25, 0.3) is 0 Å². The highest BCUT2D eigenvalue weighted by atomic mass is 32.5. The first-order valence-corrected chi connectivity index (χ1v) is 15.0. The van der Waals surface area contributed by atoms with Gasteiger partial charge in [-0.3, -0.25) is 18.9 Å². The van der Waals surface area contributed by atoms with Gasteiger partial charge in [-0.2, -0.15) is 0 Å². The second-order valence-electron chi connectivity index (χ2n) is 8.51. The van der Waals surface area contributed by atoms with E-state index in [4.69, 9.17) is 25.5 Å². The minimum absolute atomic E-state index is 0.535. The number of nitrogens with zero attached hydrogens (tertiary/aromatic N) is 1. The molecule has 3 heterocycles. The van der Waals surface area contributed by atoms with E-state index in [0.29, 0.717) is 4.57 Å². The van der Waals surface area contributed by atoms with Crippen molar-refractivity contribution in [3.05, 3.63) is 33.1 Å². The van der Waals surface area contributed by atoms with Crippen molar-refractivity contribution in [1.82, 2.24) is 9.55 Å². The predicted molar refractivity (Wildman–Crippen MR) is 128 cm³/mol. The van der Waals surface area contributed by atoms with Crippen LogP contribution in [0.5, 0.6) is 0 Å². The molecule has 1 aromatic rings. The third kappa shape index (κ3) is 6.94. The Labute approximate surface area is 228 Å². The van der Waals surface area contributed by atoms with Gasteiger partial charge >= 0.3 is 20.2 Å². The Morgan fingerprint density at radius 1 is 1.23 bits per heavy atom. The number of aromatic amines is 1. The molecule has 226 valence electrons. The van der Waals surface area contributed by atoms with Crippen LogP contribution in [-0.2, 0) is 39.2 Å². The second kappa shape index (κ2) is 12.4. The van der Waals surface area contributed by atoms with Gasteiger partial charge in [0.2, 0.25) is 5.67 Å². The van der Waals surface area contributed by atoms with Crippen LogP contribution in [-0.4, -0.2) is 118 Å². The van der Waals surface area contributed by atoms with Crippen molar-refractivity contribution in [3.63, 3.8) is 0 Å². The number of phosphoric ester groups is 1. The Kier molecular flexibility index (Phi) is 10.2. The van der Waals surface area contributed by atoms with E-state index >= 15 is 4.39 Å². The van der Waals surface area contributed by atoms with Crippen molar-refractivity contribution in [2.75, 3.05) is 13.2 Å². The van der Waals surface area contributed by atoms with Crippen molar-refractivity contribution in [2.45, 2.75) is 60.9 Å². The minimum Gasteiger partial charge on any atom is -0.394 e. The third-order valence-corrected chi connectivity index (χ3v) is 9.31. The van der Waals surface area contributed by atoms with Crippen molar-refractivity contribution >= 4 is 26.3 Å². The van der Waals surface area contributed by atoms with Crippen LogP contribution in [0.2, 0.25) is 0 Å². The van der Waals surface area contributed by atoms with Crippen LogP contribution in [0, 0.1) is 12.3 Å². The van der Waals surface area contributed by atoms with E-state index < -0.39 is 99.9 Å². The van der Waals surface area contributed by atoms with Crippen molar-refractivity contribution < 1.29 is 72.2 Å². The molecule has 2 aliphatic heterocycles. The summed E-state index contributed by atoms with van der Waals surface area (Å²) in [5, 5.41) is 58.9. The molecule has 22 heteroatoms. The molecule has 0 aliphatic carbocycles. The van der Waals surface area contributed by atoms with Gasteiger partial charge in [-0.15, -0.1) is 6.42 Å². The SMILES string of the molecule is C#C[C@@]1(F)[C@H](O)[C@@H](COP(O)(=S)OP(=O)(O)OC2OC([C@@H](O)CO)C(O)C(O)C2O)O[C@H]1n1ccc(=O)[nH]c1=O.